The third-order valence-corrected chi connectivity index (χ3v) is 3.39. The number of pyridine rings is 1. The lowest BCUT2D eigenvalue weighted by Gasteiger charge is -2.15. The Bertz CT molecular complexity index is 598. The van der Waals surface area contributed by atoms with Crippen LogP contribution in [0.15, 0.2) is 36.5 Å². The van der Waals surface area contributed by atoms with E-state index in [2.05, 4.69) is 11.1 Å². The van der Waals surface area contributed by atoms with E-state index in [0.717, 1.165) is 30.0 Å². The number of rotatable bonds is 3. The molecule has 0 spiro atoms. The van der Waals surface area contributed by atoms with Gasteiger partial charge in [0.1, 0.15) is 17.2 Å². The fraction of sp³-hybridized carbons (Fsp3) is 0.267. The summed E-state index contributed by atoms with van der Waals surface area (Å²) in [4.78, 5) is 4.34. The summed E-state index contributed by atoms with van der Waals surface area (Å²) in [6, 6.07) is 9.49. The zero-order valence-electron chi connectivity index (χ0n) is 10.8. The highest BCUT2D eigenvalue weighted by molar-refractivity contribution is 5.44. The third kappa shape index (κ3) is 2.15. The zero-order valence-corrected chi connectivity index (χ0v) is 10.8. The van der Waals surface area contributed by atoms with E-state index in [1.54, 1.807) is 13.3 Å². The van der Waals surface area contributed by atoms with Crippen LogP contribution in [-0.4, -0.2) is 18.7 Å². The molecule has 1 atom stereocenters. The summed E-state index contributed by atoms with van der Waals surface area (Å²) >= 11 is 0. The Hall–Kier alpha value is -2.07. The maximum Gasteiger partial charge on any atom is 0.142 e. The molecule has 1 aromatic heterocycles. The van der Waals surface area contributed by atoms with E-state index >= 15 is 0 Å². The average Bonchev–Trinajstić information content (AvgIpc) is 2.93. The maximum atomic E-state index is 6.30. The molecular weight excluding hydrogens is 240 g/mol. The molecule has 2 N–H and O–H groups in total. The number of methoxy groups -OCH3 is 1. The predicted molar refractivity (Wildman–Crippen MR) is 72.5 cm³/mol. The Morgan fingerprint density at radius 1 is 1.37 bits per heavy atom. The quantitative estimate of drug-likeness (QED) is 0.913. The highest BCUT2D eigenvalue weighted by atomic mass is 16.5. The number of hydrogen-bond acceptors (Lipinski definition) is 4. The monoisotopic (exact) mass is 256 g/mol. The largest absolute Gasteiger partial charge is 0.495 e. The molecule has 2 aromatic rings. The molecule has 0 bridgehead atoms. The Balaban J connectivity index is 1.97. The summed E-state index contributed by atoms with van der Waals surface area (Å²) in [6.07, 6.45) is 2.67. The number of hydrogen-bond donors (Lipinski definition) is 1. The van der Waals surface area contributed by atoms with Crippen molar-refractivity contribution in [1.82, 2.24) is 4.98 Å². The van der Waals surface area contributed by atoms with Crippen molar-refractivity contribution >= 4 is 0 Å². The summed E-state index contributed by atoms with van der Waals surface area (Å²) < 4.78 is 10.8. The van der Waals surface area contributed by atoms with Crippen LogP contribution in [0.2, 0.25) is 0 Å². The molecule has 98 valence electrons. The highest BCUT2D eigenvalue weighted by Crippen LogP contribution is 2.31. The number of fused-ring (bicyclic) bond motifs is 1. The van der Waals surface area contributed by atoms with Crippen molar-refractivity contribution in [3.63, 3.8) is 0 Å². The fourth-order valence-corrected chi connectivity index (χ4v) is 2.37. The van der Waals surface area contributed by atoms with E-state index in [0.29, 0.717) is 5.75 Å². The predicted octanol–water partition coefficient (Wildman–Crippen LogP) is 2.07. The Morgan fingerprint density at radius 3 is 3.11 bits per heavy atom. The second-order valence-electron chi connectivity index (χ2n) is 4.53. The number of nitrogens with two attached hydrogens (primary N) is 1. The molecular formula is C15H16N2O2. The van der Waals surface area contributed by atoms with Gasteiger partial charge in [0.2, 0.25) is 0 Å². The van der Waals surface area contributed by atoms with Gasteiger partial charge in [0.05, 0.1) is 19.8 Å². The summed E-state index contributed by atoms with van der Waals surface area (Å²) in [5.74, 6) is 1.68. The van der Waals surface area contributed by atoms with Crippen LogP contribution in [0.4, 0.5) is 0 Å². The van der Waals surface area contributed by atoms with Gasteiger partial charge in [0, 0.05) is 12.6 Å². The van der Waals surface area contributed by atoms with Crippen LogP contribution in [-0.2, 0) is 6.42 Å². The highest BCUT2D eigenvalue weighted by Gasteiger charge is 2.18. The van der Waals surface area contributed by atoms with E-state index in [1.165, 1.54) is 5.56 Å². The summed E-state index contributed by atoms with van der Waals surface area (Å²) in [5, 5.41) is 0. The summed E-state index contributed by atoms with van der Waals surface area (Å²) in [6.45, 7) is 0.751. The van der Waals surface area contributed by atoms with Crippen molar-refractivity contribution < 1.29 is 9.47 Å². The minimum absolute atomic E-state index is 0.290. The molecule has 1 aliphatic heterocycles. The number of nitrogens with zero attached hydrogens (tertiary/aromatic N) is 1. The number of aromatic nitrogens is 1. The van der Waals surface area contributed by atoms with Crippen molar-refractivity contribution in [2.45, 2.75) is 12.5 Å². The van der Waals surface area contributed by atoms with Gasteiger partial charge in [-0.1, -0.05) is 12.1 Å². The van der Waals surface area contributed by atoms with Crippen molar-refractivity contribution in [1.29, 1.82) is 0 Å². The van der Waals surface area contributed by atoms with Gasteiger partial charge in [-0.15, -0.1) is 0 Å². The van der Waals surface area contributed by atoms with Crippen molar-refractivity contribution in [2.75, 3.05) is 13.7 Å². The molecule has 1 unspecified atom stereocenters. The molecule has 4 nitrogen and oxygen atoms in total. The molecule has 1 aliphatic rings. The van der Waals surface area contributed by atoms with E-state index in [1.807, 2.05) is 24.3 Å². The topological polar surface area (TPSA) is 57.4 Å². The van der Waals surface area contributed by atoms with E-state index < -0.39 is 0 Å². The van der Waals surface area contributed by atoms with Gasteiger partial charge in [-0.25, -0.2) is 0 Å². The first-order chi connectivity index (χ1) is 9.29. The molecule has 4 heteroatoms. The summed E-state index contributed by atoms with van der Waals surface area (Å²) in [7, 11) is 1.63. The molecule has 2 heterocycles. The molecule has 0 amide bonds. The lowest BCUT2D eigenvalue weighted by molar-refractivity contribution is 0.357. The SMILES string of the molecule is COc1cccnc1C(N)c1ccc2c(c1)CCO2. The van der Waals surface area contributed by atoms with Crippen LogP contribution in [0.25, 0.3) is 0 Å². The van der Waals surface area contributed by atoms with Crippen LogP contribution in [0.3, 0.4) is 0 Å². The van der Waals surface area contributed by atoms with E-state index in [9.17, 15) is 0 Å². The van der Waals surface area contributed by atoms with Gasteiger partial charge in [-0.2, -0.15) is 0 Å². The number of ether oxygens (including phenoxy) is 2. The fourth-order valence-electron chi connectivity index (χ4n) is 2.37. The zero-order chi connectivity index (χ0) is 13.2. The van der Waals surface area contributed by atoms with Gasteiger partial charge in [-0.05, 0) is 29.3 Å². The van der Waals surface area contributed by atoms with Gasteiger partial charge in [-0.3, -0.25) is 4.98 Å². The van der Waals surface area contributed by atoms with Crippen LogP contribution in [0.5, 0.6) is 11.5 Å². The standard InChI is InChI=1S/C15H16N2O2/c1-18-13-3-2-7-17-15(13)14(16)11-4-5-12-10(9-11)6-8-19-12/h2-5,7,9,14H,6,8,16H2,1H3. The molecule has 0 aliphatic carbocycles. The molecule has 0 saturated carbocycles. The smallest absolute Gasteiger partial charge is 0.142 e. The first-order valence-corrected chi connectivity index (χ1v) is 6.29. The Labute approximate surface area is 112 Å². The second kappa shape index (κ2) is 4.90. The normalized spacial score (nSPS) is 14.6. The van der Waals surface area contributed by atoms with Gasteiger partial charge < -0.3 is 15.2 Å². The lowest BCUT2D eigenvalue weighted by atomic mass is 10.00. The van der Waals surface area contributed by atoms with Gasteiger partial charge in [0.15, 0.2) is 0 Å². The molecule has 0 saturated heterocycles. The molecule has 0 fully saturated rings. The van der Waals surface area contributed by atoms with Crippen LogP contribution in [0.1, 0.15) is 22.9 Å². The van der Waals surface area contributed by atoms with Crippen molar-refractivity contribution in [3.8, 4) is 11.5 Å². The second-order valence-corrected chi connectivity index (χ2v) is 4.53. The van der Waals surface area contributed by atoms with Gasteiger partial charge >= 0.3 is 0 Å². The average molecular weight is 256 g/mol. The minimum Gasteiger partial charge on any atom is -0.495 e. The first-order valence-electron chi connectivity index (χ1n) is 6.29. The molecule has 19 heavy (non-hydrogen) atoms. The minimum atomic E-state index is -0.290. The van der Waals surface area contributed by atoms with Crippen molar-refractivity contribution in [3.05, 3.63) is 53.3 Å². The van der Waals surface area contributed by atoms with E-state index in [-0.39, 0.29) is 6.04 Å². The van der Waals surface area contributed by atoms with Crippen LogP contribution >= 0.6 is 0 Å². The Morgan fingerprint density at radius 2 is 2.26 bits per heavy atom. The first kappa shape index (κ1) is 12.0. The molecule has 0 radical (unpaired) electrons. The van der Waals surface area contributed by atoms with Gasteiger partial charge in [0.25, 0.3) is 0 Å². The van der Waals surface area contributed by atoms with Crippen LogP contribution < -0.4 is 15.2 Å². The molecule has 1 aromatic carbocycles. The van der Waals surface area contributed by atoms with E-state index in [4.69, 9.17) is 15.2 Å². The number of benzene rings is 1. The Kier molecular flexibility index (Phi) is 3.09. The van der Waals surface area contributed by atoms with Crippen molar-refractivity contribution in [2.24, 2.45) is 5.73 Å². The lowest BCUT2D eigenvalue weighted by Crippen LogP contribution is -2.14. The maximum absolute atomic E-state index is 6.30. The molecule has 3 rings (SSSR count). The third-order valence-electron chi connectivity index (χ3n) is 3.39. The summed E-state index contributed by atoms with van der Waals surface area (Å²) in [5.41, 5.74) is 9.30. The van der Waals surface area contributed by atoms with Crippen LogP contribution in [0, 0.1) is 0 Å².